The fraction of sp³-hybridized carbons (Fsp3) is 0.0333. The van der Waals surface area contributed by atoms with Crippen LogP contribution in [0.2, 0.25) is 0 Å². The minimum atomic E-state index is -0.331. The molecule has 0 unspecified atom stereocenters. The lowest BCUT2D eigenvalue weighted by molar-refractivity contribution is 0.0954. The minimum Gasteiger partial charge on any atom is -0.322 e. The van der Waals surface area contributed by atoms with Crippen molar-refractivity contribution >= 4 is 45.3 Å². The first kappa shape index (κ1) is 22.0. The van der Waals surface area contributed by atoms with Gasteiger partial charge in [-0.2, -0.15) is 5.10 Å². The van der Waals surface area contributed by atoms with Crippen molar-refractivity contribution < 1.29 is 9.59 Å². The van der Waals surface area contributed by atoms with Crippen LogP contribution in [0.15, 0.2) is 108 Å². The lowest BCUT2D eigenvalue weighted by Crippen LogP contribution is -2.18. The number of fused-ring (bicyclic) bond motifs is 2. The van der Waals surface area contributed by atoms with Crippen molar-refractivity contribution in [2.45, 2.75) is 6.92 Å². The molecule has 0 heterocycles. The number of rotatable bonds is 5. The highest BCUT2D eigenvalue weighted by Crippen LogP contribution is 2.27. The van der Waals surface area contributed by atoms with Gasteiger partial charge in [0.2, 0.25) is 0 Å². The van der Waals surface area contributed by atoms with E-state index in [1.165, 1.54) is 0 Å². The molecule has 2 amide bonds. The smallest absolute Gasteiger partial charge is 0.271 e. The summed E-state index contributed by atoms with van der Waals surface area (Å²) in [5, 5.41) is 11.5. The van der Waals surface area contributed by atoms with E-state index in [0.717, 1.165) is 32.7 Å². The average Bonchev–Trinajstić information content (AvgIpc) is 2.89. The number of carbonyl (C=O) groups is 2. The molecule has 5 heteroatoms. The average molecular weight is 458 g/mol. The molecule has 5 rings (SSSR count). The third kappa shape index (κ3) is 4.66. The van der Waals surface area contributed by atoms with Crippen molar-refractivity contribution in [2.75, 3.05) is 5.32 Å². The van der Waals surface area contributed by atoms with Gasteiger partial charge in [0.1, 0.15) is 0 Å². The predicted octanol–water partition coefficient (Wildman–Crippen LogP) is 6.32. The van der Waals surface area contributed by atoms with Crippen LogP contribution < -0.4 is 10.7 Å². The summed E-state index contributed by atoms with van der Waals surface area (Å²) in [7, 11) is 0. The number of anilines is 1. The zero-order valence-electron chi connectivity index (χ0n) is 19.2. The molecule has 0 aromatic heterocycles. The molecule has 0 saturated carbocycles. The number of nitrogens with one attached hydrogen (secondary N) is 2. The molecule has 5 aromatic carbocycles. The first-order valence-electron chi connectivity index (χ1n) is 11.3. The molecule has 5 nitrogen and oxygen atoms in total. The van der Waals surface area contributed by atoms with Crippen LogP contribution >= 0.6 is 0 Å². The van der Waals surface area contributed by atoms with Gasteiger partial charge in [-0.25, -0.2) is 5.43 Å². The summed E-state index contributed by atoms with van der Waals surface area (Å²) in [6.45, 7) is 1.89. The maximum absolute atomic E-state index is 12.6. The van der Waals surface area contributed by atoms with E-state index < -0.39 is 0 Å². The van der Waals surface area contributed by atoms with E-state index in [2.05, 4.69) is 46.2 Å². The van der Waals surface area contributed by atoms with E-state index in [1.807, 2.05) is 49.4 Å². The van der Waals surface area contributed by atoms with E-state index in [-0.39, 0.29) is 11.8 Å². The molecule has 2 N–H and O–H groups in total. The van der Waals surface area contributed by atoms with Crippen molar-refractivity contribution in [3.05, 3.63) is 125 Å². The number of hydrazone groups is 1. The van der Waals surface area contributed by atoms with Crippen LogP contribution in [0, 0.1) is 6.92 Å². The van der Waals surface area contributed by atoms with Crippen LogP contribution in [0.3, 0.4) is 0 Å². The number of amides is 2. The van der Waals surface area contributed by atoms with Gasteiger partial charge in [0.05, 0.1) is 6.21 Å². The van der Waals surface area contributed by atoms with Crippen LogP contribution in [0.5, 0.6) is 0 Å². The Morgan fingerprint density at radius 2 is 1.31 bits per heavy atom. The summed E-state index contributed by atoms with van der Waals surface area (Å²) < 4.78 is 0. The lowest BCUT2D eigenvalue weighted by atomic mass is 9.97. The van der Waals surface area contributed by atoms with Gasteiger partial charge in [-0.05, 0) is 70.4 Å². The van der Waals surface area contributed by atoms with Crippen LogP contribution in [0.1, 0.15) is 31.8 Å². The second-order valence-corrected chi connectivity index (χ2v) is 8.28. The van der Waals surface area contributed by atoms with Crippen molar-refractivity contribution in [1.29, 1.82) is 0 Å². The third-order valence-corrected chi connectivity index (χ3v) is 5.97. The number of nitrogens with zero attached hydrogens (tertiary/aromatic N) is 1. The topological polar surface area (TPSA) is 70.6 Å². The van der Waals surface area contributed by atoms with Gasteiger partial charge >= 0.3 is 0 Å². The van der Waals surface area contributed by atoms with E-state index in [4.69, 9.17) is 0 Å². The molecule has 0 radical (unpaired) electrons. The Morgan fingerprint density at radius 3 is 1.97 bits per heavy atom. The summed E-state index contributed by atoms with van der Waals surface area (Å²) >= 11 is 0. The van der Waals surface area contributed by atoms with E-state index in [1.54, 1.807) is 36.5 Å². The van der Waals surface area contributed by atoms with Gasteiger partial charge < -0.3 is 5.32 Å². The Hall–Kier alpha value is -4.77. The second kappa shape index (κ2) is 9.61. The molecule has 0 atom stereocenters. The van der Waals surface area contributed by atoms with E-state index >= 15 is 0 Å². The quantitative estimate of drug-likeness (QED) is 0.184. The van der Waals surface area contributed by atoms with Gasteiger partial charge in [-0.1, -0.05) is 66.7 Å². The third-order valence-electron chi connectivity index (χ3n) is 5.97. The standard InChI is InChI=1S/C30H23N3O2/c1-20-8-2-5-11-25(20)30(35)32-24-16-14-21(15-17-24)29(34)33-31-19-28-26-12-6-3-9-22(26)18-23-10-4-7-13-27(23)28/h2-19H,1H3,(H,32,35)(H,33,34)/b31-19-. The molecule has 5 aromatic rings. The SMILES string of the molecule is Cc1ccccc1C(=O)Nc1ccc(C(=O)N/N=C\c2c3ccccc3cc3ccccc23)cc1. The molecular weight excluding hydrogens is 434 g/mol. The highest BCUT2D eigenvalue weighted by Gasteiger charge is 2.10. The van der Waals surface area contributed by atoms with Gasteiger partial charge in [-0.3, -0.25) is 9.59 Å². The van der Waals surface area contributed by atoms with Crippen molar-refractivity contribution in [2.24, 2.45) is 5.10 Å². The largest absolute Gasteiger partial charge is 0.322 e. The maximum atomic E-state index is 12.6. The van der Waals surface area contributed by atoms with E-state index in [9.17, 15) is 9.59 Å². The minimum absolute atomic E-state index is 0.188. The number of hydrogen-bond donors (Lipinski definition) is 2. The fourth-order valence-electron chi connectivity index (χ4n) is 4.14. The summed E-state index contributed by atoms with van der Waals surface area (Å²) in [5.41, 5.74) is 6.14. The van der Waals surface area contributed by atoms with Gasteiger partial charge in [0.15, 0.2) is 0 Å². The van der Waals surface area contributed by atoms with Gasteiger partial charge in [0, 0.05) is 22.4 Å². The van der Waals surface area contributed by atoms with E-state index in [0.29, 0.717) is 16.8 Å². The molecule has 35 heavy (non-hydrogen) atoms. The van der Waals surface area contributed by atoms with Crippen molar-refractivity contribution in [3.8, 4) is 0 Å². The highest BCUT2D eigenvalue weighted by molar-refractivity contribution is 6.13. The van der Waals surface area contributed by atoms with Crippen molar-refractivity contribution in [3.63, 3.8) is 0 Å². The molecule has 170 valence electrons. The van der Waals surface area contributed by atoms with Crippen LogP contribution in [0.4, 0.5) is 5.69 Å². The number of benzene rings is 5. The molecule has 0 saturated heterocycles. The Bertz CT molecular complexity index is 1530. The van der Waals surface area contributed by atoms with Crippen LogP contribution in [-0.2, 0) is 0 Å². The predicted molar refractivity (Wildman–Crippen MR) is 142 cm³/mol. The Morgan fingerprint density at radius 1 is 0.714 bits per heavy atom. The normalized spacial score (nSPS) is 11.1. The second-order valence-electron chi connectivity index (χ2n) is 8.28. The summed E-state index contributed by atoms with van der Waals surface area (Å²) in [6, 6.07) is 32.5. The zero-order chi connectivity index (χ0) is 24.2. The first-order chi connectivity index (χ1) is 17.1. The number of carbonyl (C=O) groups excluding carboxylic acids is 2. The molecule has 0 fully saturated rings. The lowest BCUT2D eigenvalue weighted by Gasteiger charge is -2.09. The molecule has 0 bridgehead atoms. The number of hydrogen-bond acceptors (Lipinski definition) is 3. The summed E-state index contributed by atoms with van der Waals surface area (Å²) in [4.78, 5) is 25.2. The zero-order valence-corrected chi connectivity index (χ0v) is 19.2. The molecule has 0 spiro atoms. The van der Waals surface area contributed by atoms with Gasteiger partial charge in [-0.15, -0.1) is 0 Å². The van der Waals surface area contributed by atoms with Gasteiger partial charge in [0.25, 0.3) is 11.8 Å². The molecule has 0 aliphatic carbocycles. The van der Waals surface area contributed by atoms with Crippen molar-refractivity contribution in [1.82, 2.24) is 5.43 Å². The van der Waals surface area contributed by atoms with Crippen LogP contribution in [0.25, 0.3) is 21.5 Å². The Labute approximate surface area is 203 Å². The highest BCUT2D eigenvalue weighted by atomic mass is 16.2. The first-order valence-corrected chi connectivity index (χ1v) is 11.3. The molecule has 0 aliphatic heterocycles. The summed E-state index contributed by atoms with van der Waals surface area (Å²) in [5.74, 6) is -0.519. The summed E-state index contributed by atoms with van der Waals surface area (Å²) in [6.07, 6.45) is 1.69. The Kier molecular flexibility index (Phi) is 6.05. The number of aryl methyl sites for hydroxylation is 1. The Balaban J connectivity index is 1.31. The molecule has 0 aliphatic rings. The fourth-order valence-corrected chi connectivity index (χ4v) is 4.14. The molecular formula is C30H23N3O2. The monoisotopic (exact) mass is 457 g/mol. The van der Waals surface area contributed by atoms with Crippen LogP contribution in [-0.4, -0.2) is 18.0 Å². The maximum Gasteiger partial charge on any atom is 0.271 e.